The molecule has 0 unspecified atom stereocenters. The van der Waals surface area contributed by atoms with Crippen molar-refractivity contribution in [1.29, 1.82) is 0 Å². The van der Waals surface area contributed by atoms with Crippen LogP contribution in [-0.4, -0.2) is 20.7 Å². The predicted octanol–water partition coefficient (Wildman–Crippen LogP) is 2.56. The minimum atomic E-state index is -0.370. The molecule has 3 rings (SSSR count). The van der Waals surface area contributed by atoms with Gasteiger partial charge in [-0.05, 0) is 31.4 Å². The van der Waals surface area contributed by atoms with Crippen molar-refractivity contribution in [3.05, 3.63) is 58.6 Å². The Morgan fingerprint density at radius 2 is 2.05 bits per heavy atom. The molecule has 1 amide bonds. The van der Waals surface area contributed by atoms with Crippen molar-refractivity contribution in [2.24, 2.45) is 0 Å². The second-order valence-electron chi connectivity index (χ2n) is 5.31. The molecule has 2 N–H and O–H groups in total. The van der Waals surface area contributed by atoms with Crippen molar-refractivity contribution in [3.63, 3.8) is 0 Å². The van der Waals surface area contributed by atoms with Crippen molar-refractivity contribution in [2.45, 2.75) is 19.9 Å². The fourth-order valence-corrected chi connectivity index (χ4v) is 2.34. The van der Waals surface area contributed by atoms with E-state index in [1.54, 1.807) is 41.2 Å². The van der Waals surface area contributed by atoms with Gasteiger partial charge >= 0.3 is 0 Å². The number of aromatic nitrogens is 3. The zero-order valence-corrected chi connectivity index (χ0v) is 12.3. The van der Waals surface area contributed by atoms with Gasteiger partial charge in [-0.15, -0.1) is 0 Å². The molecule has 0 aliphatic carbocycles. The van der Waals surface area contributed by atoms with Gasteiger partial charge in [0.05, 0.1) is 6.20 Å². The summed E-state index contributed by atoms with van der Waals surface area (Å²) >= 11 is 0. The number of hydrogen-bond donors (Lipinski definition) is 2. The van der Waals surface area contributed by atoms with Gasteiger partial charge < -0.3 is 10.3 Å². The molecule has 0 bridgehead atoms. The van der Waals surface area contributed by atoms with Crippen LogP contribution in [-0.2, 0) is 0 Å². The predicted molar refractivity (Wildman–Crippen MR) is 85.1 cm³/mol. The summed E-state index contributed by atoms with van der Waals surface area (Å²) in [4.78, 5) is 27.0. The molecule has 2 heterocycles. The molecule has 2 aromatic heterocycles. The summed E-state index contributed by atoms with van der Waals surface area (Å²) in [6, 6.07) is 10.7. The second kappa shape index (κ2) is 5.48. The zero-order valence-electron chi connectivity index (χ0n) is 12.3. The molecule has 112 valence electrons. The third-order valence-electron chi connectivity index (χ3n) is 3.40. The van der Waals surface area contributed by atoms with E-state index in [0.29, 0.717) is 11.2 Å². The first-order valence-electron chi connectivity index (χ1n) is 7.03. The van der Waals surface area contributed by atoms with E-state index in [0.717, 1.165) is 5.39 Å². The van der Waals surface area contributed by atoms with Crippen molar-refractivity contribution in [3.8, 4) is 0 Å². The first-order chi connectivity index (χ1) is 10.6. The minimum Gasteiger partial charge on any atom is -0.317 e. The van der Waals surface area contributed by atoms with E-state index < -0.39 is 0 Å². The lowest BCUT2D eigenvalue weighted by Crippen LogP contribution is -2.21. The van der Waals surface area contributed by atoms with Crippen LogP contribution in [0, 0.1) is 0 Å². The molecular formula is C16H16N4O2. The Balaban J connectivity index is 1.96. The van der Waals surface area contributed by atoms with Crippen LogP contribution in [0.1, 0.15) is 30.4 Å². The lowest BCUT2D eigenvalue weighted by atomic mass is 10.1. The largest absolute Gasteiger partial charge is 0.317 e. The van der Waals surface area contributed by atoms with Crippen LogP contribution >= 0.6 is 0 Å². The molecule has 0 saturated carbocycles. The summed E-state index contributed by atoms with van der Waals surface area (Å²) in [5.74, 6) is 0.222. The normalized spacial score (nSPS) is 11.0. The van der Waals surface area contributed by atoms with Gasteiger partial charge in [-0.25, -0.2) is 4.68 Å². The minimum absolute atomic E-state index is 0.126. The smallest absolute Gasteiger partial charge is 0.273 e. The van der Waals surface area contributed by atoms with E-state index in [9.17, 15) is 9.59 Å². The number of hydrogen-bond acceptors (Lipinski definition) is 3. The Hall–Kier alpha value is -2.89. The second-order valence-corrected chi connectivity index (χ2v) is 5.31. The molecule has 22 heavy (non-hydrogen) atoms. The van der Waals surface area contributed by atoms with Gasteiger partial charge in [0, 0.05) is 17.5 Å². The summed E-state index contributed by atoms with van der Waals surface area (Å²) in [7, 11) is 0. The third kappa shape index (κ3) is 2.50. The highest BCUT2D eigenvalue weighted by molar-refractivity contribution is 6.04. The molecule has 0 aliphatic heterocycles. The van der Waals surface area contributed by atoms with Gasteiger partial charge in [0.15, 0.2) is 0 Å². The van der Waals surface area contributed by atoms with E-state index in [1.165, 1.54) is 0 Å². The van der Waals surface area contributed by atoms with Crippen LogP contribution in [0.15, 0.2) is 47.4 Å². The number of fused-ring (bicyclic) bond motifs is 1. The monoisotopic (exact) mass is 296 g/mol. The number of amides is 1. The number of carbonyl (C=O) groups excluding carboxylic acids is 1. The van der Waals surface area contributed by atoms with Crippen LogP contribution < -0.4 is 10.9 Å². The highest BCUT2D eigenvalue weighted by Crippen LogP contribution is 2.15. The Morgan fingerprint density at radius 1 is 1.27 bits per heavy atom. The number of carbonyl (C=O) groups is 1. The zero-order chi connectivity index (χ0) is 15.7. The summed E-state index contributed by atoms with van der Waals surface area (Å²) in [6.07, 6.45) is 1.62. The Labute approximate surface area is 126 Å². The highest BCUT2D eigenvalue weighted by atomic mass is 16.2. The van der Waals surface area contributed by atoms with E-state index >= 15 is 0 Å². The molecule has 0 radical (unpaired) electrons. The molecule has 1 aromatic carbocycles. The molecular weight excluding hydrogens is 280 g/mol. The first kappa shape index (κ1) is 14.1. The van der Waals surface area contributed by atoms with Gasteiger partial charge in [0.2, 0.25) is 0 Å². The quantitative estimate of drug-likeness (QED) is 0.779. The maximum absolute atomic E-state index is 12.4. The number of pyridine rings is 1. The summed E-state index contributed by atoms with van der Waals surface area (Å²) < 4.78 is 1.71. The standard InChI is InChI=1S/C16H16N4O2/c1-10(2)20-14(7-8-17-20)19-16(22)13-9-11-5-3-4-6-12(11)15(21)18-13/h3-10H,1-2H3,(H,18,21)(H,19,22). The van der Waals surface area contributed by atoms with Gasteiger partial charge in [-0.1, -0.05) is 18.2 Å². The summed E-state index contributed by atoms with van der Waals surface area (Å²) in [6.45, 7) is 3.95. The molecule has 0 atom stereocenters. The van der Waals surface area contributed by atoms with Crippen molar-refractivity contribution in [2.75, 3.05) is 5.32 Å². The Morgan fingerprint density at radius 3 is 2.82 bits per heavy atom. The Bertz CT molecular complexity index is 892. The summed E-state index contributed by atoms with van der Waals surface area (Å²) in [5.41, 5.74) is -0.0548. The van der Waals surface area contributed by atoms with Crippen LogP contribution in [0.3, 0.4) is 0 Å². The number of anilines is 1. The maximum Gasteiger partial charge on any atom is 0.273 e. The fraction of sp³-hybridized carbons (Fsp3) is 0.188. The molecule has 0 fully saturated rings. The van der Waals surface area contributed by atoms with Crippen molar-refractivity contribution < 1.29 is 4.79 Å². The molecule has 0 spiro atoms. The first-order valence-corrected chi connectivity index (χ1v) is 7.03. The van der Waals surface area contributed by atoms with E-state index in [2.05, 4.69) is 15.4 Å². The average molecular weight is 296 g/mol. The fourth-order valence-electron chi connectivity index (χ4n) is 2.34. The van der Waals surface area contributed by atoms with Gasteiger partial charge in [-0.3, -0.25) is 9.59 Å². The van der Waals surface area contributed by atoms with E-state index in [4.69, 9.17) is 0 Å². The lowest BCUT2D eigenvalue weighted by molar-refractivity contribution is 0.102. The van der Waals surface area contributed by atoms with E-state index in [-0.39, 0.29) is 23.2 Å². The topological polar surface area (TPSA) is 79.8 Å². The van der Waals surface area contributed by atoms with E-state index in [1.807, 2.05) is 19.9 Å². The summed E-state index contributed by atoms with van der Waals surface area (Å²) in [5, 5.41) is 8.22. The molecule has 6 heteroatoms. The Kier molecular flexibility index (Phi) is 3.50. The molecule has 0 saturated heterocycles. The third-order valence-corrected chi connectivity index (χ3v) is 3.40. The highest BCUT2D eigenvalue weighted by Gasteiger charge is 2.13. The average Bonchev–Trinajstić information content (AvgIpc) is 2.95. The number of nitrogens with one attached hydrogen (secondary N) is 2. The number of H-pyrrole nitrogens is 1. The number of benzene rings is 1. The SMILES string of the molecule is CC(C)n1nccc1NC(=O)c1cc2ccccc2c(=O)[nH]1. The van der Waals surface area contributed by atoms with Crippen LogP contribution in [0.4, 0.5) is 5.82 Å². The molecule has 3 aromatic rings. The number of nitrogens with zero attached hydrogens (tertiary/aromatic N) is 2. The van der Waals surface area contributed by atoms with Crippen molar-refractivity contribution >= 4 is 22.5 Å². The molecule has 6 nitrogen and oxygen atoms in total. The number of rotatable bonds is 3. The molecule has 0 aliphatic rings. The van der Waals surface area contributed by atoms with Gasteiger partial charge in [0.1, 0.15) is 11.5 Å². The van der Waals surface area contributed by atoms with Gasteiger partial charge in [-0.2, -0.15) is 5.10 Å². The van der Waals surface area contributed by atoms with Crippen LogP contribution in [0.25, 0.3) is 10.8 Å². The van der Waals surface area contributed by atoms with Crippen molar-refractivity contribution in [1.82, 2.24) is 14.8 Å². The number of aromatic amines is 1. The lowest BCUT2D eigenvalue weighted by Gasteiger charge is -2.11. The van der Waals surface area contributed by atoms with Crippen LogP contribution in [0.2, 0.25) is 0 Å². The van der Waals surface area contributed by atoms with Gasteiger partial charge in [0.25, 0.3) is 11.5 Å². The maximum atomic E-state index is 12.4. The van der Waals surface area contributed by atoms with Crippen LogP contribution in [0.5, 0.6) is 0 Å².